The van der Waals surface area contributed by atoms with Crippen LogP contribution >= 0.6 is 0 Å². The summed E-state index contributed by atoms with van der Waals surface area (Å²) in [6.45, 7) is 1.38. The molecule has 1 aliphatic heterocycles. The number of carbonyl (C=O) groups excluding carboxylic acids is 1. The van der Waals surface area contributed by atoms with Crippen molar-refractivity contribution in [2.24, 2.45) is 0 Å². The molecule has 0 unspecified atom stereocenters. The number of nitrogens with one attached hydrogen (secondary N) is 1. The summed E-state index contributed by atoms with van der Waals surface area (Å²) < 4.78 is 40.3. The van der Waals surface area contributed by atoms with E-state index in [4.69, 9.17) is 0 Å². The van der Waals surface area contributed by atoms with Gasteiger partial charge in [-0.05, 0) is 37.8 Å². The predicted molar refractivity (Wildman–Crippen MR) is 113 cm³/mol. The third-order valence-corrected chi connectivity index (χ3v) is 6.47. The molecule has 1 saturated heterocycles. The molecule has 31 heavy (non-hydrogen) atoms. The lowest BCUT2D eigenvalue weighted by Crippen LogP contribution is -2.47. The van der Waals surface area contributed by atoms with Crippen LogP contribution in [0, 0.1) is 0 Å². The standard InChI is InChI=1S/C23H29F3N4O/c24-23(25,26)18-9-7-17(8-10-18)21-15-30(16-27-21)20-11-13-29(14-12-20)22(31)28-19-5-3-1-2-4-6-19/h7-10,15-16,19-20H,1-6,11-14H2,(H,28,31). The number of rotatable bonds is 3. The van der Waals surface area contributed by atoms with Gasteiger partial charge >= 0.3 is 12.2 Å². The summed E-state index contributed by atoms with van der Waals surface area (Å²) in [6, 6.07) is 5.65. The van der Waals surface area contributed by atoms with E-state index in [0.717, 1.165) is 37.8 Å². The second-order valence-electron chi connectivity index (χ2n) is 8.64. The number of amides is 2. The third-order valence-electron chi connectivity index (χ3n) is 6.47. The van der Waals surface area contributed by atoms with E-state index in [-0.39, 0.29) is 12.1 Å². The normalized spacial score (nSPS) is 19.3. The Hall–Kier alpha value is -2.51. The first kappa shape index (κ1) is 21.7. The average Bonchev–Trinajstić information content (AvgIpc) is 3.12. The zero-order valence-corrected chi connectivity index (χ0v) is 17.6. The van der Waals surface area contributed by atoms with Crippen molar-refractivity contribution in [1.82, 2.24) is 19.8 Å². The Bertz CT molecular complexity index is 862. The summed E-state index contributed by atoms with van der Waals surface area (Å²) >= 11 is 0. The Balaban J connectivity index is 1.31. The zero-order chi connectivity index (χ0) is 21.8. The monoisotopic (exact) mass is 434 g/mol. The second-order valence-corrected chi connectivity index (χ2v) is 8.64. The molecule has 2 amide bonds. The molecule has 2 aliphatic rings. The quantitative estimate of drug-likeness (QED) is 0.636. The Labute approximate surface area is 180 Å². The van der Waals surface area contributed by atoms with E-state index in [2.05, 4.69) is 10.3 Å². The topological polar surface area (TPSA) is 50.2 Å². The fourth-order valence-electron chi connectivity index (χ4n) is 4.57. The molecule has 2 heterocycles. The maximum atomic E-state index is 12.8. The van der Waals surface area contributed by atoms with Crippen LogP contribution in [-0.2, 0) is 6.18 Å². The smallest absolute Gasteiger partial charge is 0.335 e. The molecular formula is C23H29F3N4O. The number of halogens is 3. The van der Waals surface area contributed by atoms with Gasteiger partial charge in [-0.15, -0.1) is 0 Å². The van der Waals surface area contributed by atoms with Gasteiger partial charge in [-0.2, -0.15) is 13.2 Å². The summed E-state index contributed by atoms with van der Waals surface area (Å²) in [5, 5.41) is 3.21. The van der Waals surface area contributed by atoms with Crippen molar-refractivity contribution in [3.8, 4) is 11.3 Å². The number of piperidine rings is 1. The highest BCUT2D eigenvalue weighted by molar-refractivity contribution is 5.74. The van der Waals surface area contributed by atoms with E-state index in [1.807, 2.05) is 15.7 Å². The van der Waals surface area contributed by atoms with Crippen molar-refractivity contribution in [3.05, 3.63) is 42.4 Å². The van der Waals surface area contributed by atoms with Gasteiger partial charge in [-0.1, -0.05) is 37.8 Å². The first-order valence-corrected chi connectivity index (χ1v) is 11.2. The van der Waals surface area contributed by atoms with Gasteiger partial charge in [-0.3, -0.25) is 0 Å². The lowest BCUT2D eigenvalue weighted by atomic mass is 10.0. The summed E-state index contributed by atoms with van der Waals surface area (Å²) in [6.07, 6.45) is 8.00. The van der Waals surface area contributed by atoms with Gasteiger partial charge < -0.3 is 14.8 Å². The number of benzene rings is 1. The summed E-state index contributed by atoms with van der Waals surface area (Å²) in [4.78, 5) is 18.9. The van der Waals surface area contributed by atoms with Crippen molar-refractivity contribution in [2.45, 2.75) is 69.6 Å². The molecule has 1 aliphatic carbocycles. The zero-order valence-electron chi connectivity index (χ0n) is 17.6. The fourth-order valence-corrected chi connectivity index (χ4v) is 4.57. The SMILES string of the molecule is O=C(NC1CCCCCC1)N1CCC(n2cnc(-c3ccc(C(F)(F)F)cc3)c2)CC1. The van der Waals surface area contributed by atoms with Crippen LogP contribution in [0.25, 0.3) is 11.3 Å². The average molecular weight is 435 g/mol. The Morgan fingerprint density at radius 3 is 2.23 bits per heavy atom. The number of hydrogen-bond acceptors (Lipinski definition) is 2. The maximum Gasteiger partial charge on any atom is 0.416 e. The summed E-state index contributed by atoms with van der Waals surface area (Å²) in [7, 11) is 0. The van der Waals surface area contributed by atoms with E-state index in [9.17, 15) is 18.0 Å². The maximum absolute atomic E-state index is 12.8. The van der Waals surface area contributed by atoms with Crippen LogP contribution in [0.3, 0.4) is 0 Å². The molecule has 2 aromatic rings. The molecule has 1 aromatic carbocycles. The number of urea groups is 1. The highest BCUT2D eigenvalue weighted by Gasteiger charge is 2.30. The lowest BCUT2D eigenvalue weighted by Gasteiger charge is -2.33. The Morgan fingerprint density at radius 1 is 0.968 bits per heavy atom. The molecule has 0 bridgehead atoms. The van der Waals surface area contributed by atoms with E-state index in [1.54, 1.807) is 6.33 Å². The van der Waals surface area contributed by atoms with Gasteiger partial charge in [0, 0.05) is 36.9 Å². The number of nitrogens with zero attached hydrogens (tertiary/aromatic N) is 3. The third kappa shape index (κ3) is 5.40. The Kier molecular flexibility index (Phi) is 6.53. The van der Waals surface area contributed by atoms with E-state index >= 15 is 0 Å². The van der Waals surface area contributed by atoms with Gasteiger partial charge in [0.25, 0.3) is 0 Å². The van der Waals surface area contributed by atoms with Gasteiger partial charge in [0.15, 0.2) is 0 Å². The molecule has 2 fully saturated rings. The molecule has 1 aromatic heterocycles. The minimum atomic E-state index is -4.34. The number of aromatic nitrogens is 2. The van der Waals surface area contributed by atoms with Crippen LogP contribution in [0.1, 0.15) is 63.0 Å². The molecule has 1 saturated carbocycles. The molecule has 0 radical (unpaired) electrons. The molecule has 4 rings (SSSR count). The van der Waals surface area contributed by atoms with Crippen molar-refractivity contribution in [2.75, 3.05) is 13.1 Å². The molecular weight excluding hydrogens is 405 g/mol. The predicted octanol–water partition coefficient (Wildman–Crippen LogP) is 5.64. The number of alkyl halides is 3. The van der Waals surface area contributed by atoms with Crippen LogP contribution in [0.4, 0.5) is 18.0 Å². The molecule has 168 valence electrons. The Morgan fingerprint density at radius 2 is 1.61 bits per heavy atom. The number of likely N-dealkylation sites (tertiary alicyclic amines) is 1. The lowest BCUT2D eigenvalue weighted by molar-refractivity contribution is -0.137. The van der Waals surface area contributed by atoms with Crippen LogP contribution in [0.15, 0.2) is 36.8 Å². The van der Waals surface area contributed by atoms with Gasteiger partial charge in [0.1, 0.15) is 0 Å². The van der Waals surface area contributed by atoms with Crippen LogP contribution in [0.5, 0.6) is 0 Å². The van der Waals surface area contributed by atoms with Crippen molar-refractivity contribution < 1.29 is 18.0 Å². The molecule has 5 nitrogen and oxygen atoms in total. The first-order valence-electron chi connectivity index (χ1n) is 11.2. The number of hydrogen-bond donors (Lipinski definition) is 1. The van der Waals surface area contributed by atoms with Crippen LogP contribution in [0.2, 0.25) is 0 Å². The van der Waals surface area contributed by atoms with Crippen molar-refractivity contribution in [3.63, 3.8) is 0 Å². The van der Waals surface area contributed by atoms with Gasteiger partial charge in [-0.25, -0.2) is 9.78 Å². The van der Waals surface area contributed by atoms with Crippen LogP contribution < -0.4 is 5.32 Å². The number of carbonyl (C=O) groups is 1. The highest BCUT2D eigenvalue weighted by atomic mass is 19.4. The van der Waals surface area contributed by atoms with Gasteiger partial charge in [0.05, 0.1) is 17.6 Å². The molecule has 0 spiro atoms. The van der Waals surface area contributed by atoms with E-state index < -0.39 is 11.7 Å². The molecule has 8 heteroatoms. The minimum absolute atomic E-state index is 0.0430. The summed E-state index contributed by atoms with van der Waals surface area (Å²) in [5.74, 6) is 0. The van der Waals surface area contributed by atoms with E-state index in [0.29, 0.717) is 30.4 Å². The second kappa shape index (κ2) is 9.32. The first-order chi connectivity index (χ1) is 14.9. The highest BCUT2D eigenvalue weighted by Crippen LogP contribution is 2.31. The summed E-state index contributed by atoms with van der Waals surface area (Å²) in [5.41, 5.74) is 0.652. The van der Waals surface area contributed by atoms with Crippen molar-refractivity contribution >= 4 is 6.03 Å². The number of imidazole rings is 1. The largest absolute Gasteiger partial charge is 0.416 e. The fraction of sp³-hybridized carbons (Fsp3) is 0.565. The molecule has 1 N–H and O–H groups in total. The van der Waals surface area contributed by atoms with E-state index in [1.165, 1.54) is 37.8 Å². The van der Waals surface area contributed by atoms with Gasteiger partial charge in [0.2, 0.25) is 0 Å². The van der Waals surface area contributed by atoms with Crippen LogP contribution in [-0.4, -0.2) is 39.6 Å². The minimum Gasteiger partial charge on any atom is -0.335 e. The molecule has 0 atom stereocenters. The van der Waals surface area contributed by atoms with Crippen molar-refractivity contribution in [1.29, 1.82) is 0 Å².